The SMILES string of the molecule is [B][P+]1(O)OC[C@H](OC)[C@H](n2c(Sc3ccc(OC)cc3)nc3c(N)ncnc32)O[C@@H](C)CO1. The van der Waals surface area contributed by atoms with Gasteiger partial charge in [-0.3, -0.25) is 4.57 Å². The van der Waals surface area contributed by atoms with Crippen LogP contribution in [0.3, 0.4) is 0 Å². The Hall–Kier alpha value is -1.99. The molecule has 0 amide bonds. The van der Waals surface area contributed by atoms with Gasteiger partial charge in [0.05, 0.1) is 13.2 Å². The molecule has 14 heteroatoms. The van der Waals surface area contributed by atoms with Gasteiger partial charge in [-0.25, -0.2) is 19.8 Å². The van der Waals surface area contributed by atoms with Crippen LogP contribution >= 0.6 is 19.6 Å². The highest BCUT2D eigenvalue weighted by atomic mass is 32.2. The summed E-state index contributed by atoms with van der Waals surface area (Å²) < 4.78 is 29.8. The number of imidazole rings is 1. The number of rotatable bonds is 5. The molecular weight excluding hydrogens is 468 g/mol. The van der Waals surface area contributed by atoms with E-state index in [-0.39, 0.29) is 19.0 Å². The number of ether oxygens (including phenoxy) is 3. The van der Waals surface area contributed by atoms with Crippen molar-refractivity contribution in [2.45, 2.75) is 35.4 Å². The maximum Gasteiger partial charge on any atom is 0.488 e. The van der Waals surface area contributed by atoms with Crippen LogP contribution in [-0.4, -0.2) is 71.6 Å². The summed E-state index contributed by atoms with van der Waals surface area (Å²) in [5, 5.41) is 0.555. The smallest absolute Gasteiger partial charge is 0.488 e. The van der Waals surface area contributed by atoms with Crippen LogP contribution in [0.15, 0.2) is 40.6 Å². The first-order valence-corrected chi connectivity index (χ1v) is 12.5. The molecule has 1 aromatic carbocycles. The minimum Gasteiger partial charge on any atom is -0.497 e. The first kappa shape index (κ1) is 24.1. The number of hydrogen-bond donors (Lipinski definition) is 2. The maximum atomic E-state index is 10.2. The number of fused-ring (bicyclic) bond motifs is 1. The highest BCUT2D eigenvalue weighted by Crippen LogP contribution is 2.53. The Labute approximate surface area is 196 Å². The molecule has 174 valence electrons. The highest BCUT2D eigenvalue weighted by molar-refractivity contribution is 7.99. The fraction of sp³-hybridized carbons (Fsp3) is 0.421. The average molecular weight is 492 g/mol. The lowest BCUT2D eigenvalue weighted by Gasteiger charge is -2.28. The Morgan fingerprint density at radius 2 is 1.94 bits per heavy atom. The highest BCUT2D eigenvalue weighted by Gasteiger charge is 2.41. The van der Waals surface area contributed by atoms with Crippen LogP contribution in [-0.2, 0) is 18.5 Å². The molecule has 0 saturated carbocycles. The largest absolute Gasteiger partial charge is 0.497 e. The molecule has 33 heavy (non-hydrogen) atoms. The van der Waals surface area contributed by atoms with Crippen molar-refractivity contribution in [3.05, 3.63) is 30.6 Å². The number of nitrogens with zero attached hydrogens (tertiary/aromatic N) is 4. The van der Waals surface area contributed by atoms with Crippen LogP contribution < -0.4 is 10.5 Å². The first-order chi connectivity index (χ1) is 15.8. The standard InChI is InChI=1S/C19H24BN5O6PS/c1-11-8-29-32(20,26)30-9-14(28-3)18(31-11)25-17-15(16(21)22-10-23-17)24-19(25)33-13-6-4-12(27-2)5-7-13/h4-7,10-11,14,18,26H,8-9H2,1-3H3,(H2,21,22,23)/q+1/t11-,14-,18+,32?/m0/s1. The normalized spacial score (nSPS) is 26.5. The van der Waals surface area contributed by atoms with Crippen molar-refractivity contribution < 1.29 is 28.2 Å². The number of aromatic nitrogens is 4. The fourth-order valence-electron chi connectivity index (χ4n) is 3.24. The summed E-state index contributed by atoms with van der Waals surface area (Å²) in [6.07, 6.45) is -0.512. The monoisotopic (exact) mass is 492 g/mol. The molecule has 11 nitrogen and oxygen atoms in total. The van der Waals surface area contributed by atoms with E-state index in [0.29, 0.717) is 16.3 Å². The summed E-state index contributed by atoms with van der Waals surface area (Å²) in [6.45, 7) is 1.74. The quantitative estimate of drug-likeness (QED) is 0.401. The van der Waals surface area contributed by atoms with E-state index in [2.05, 4.69) is 9.97 Å². The molecule has 2 radical (unpaired) electrons. The van der Waals surface area contributed by atoms with Crippen molar-refractivity contribution in [2.75, 3.05) is 33.2 Å². The van der Waals surface area contributed by atoms with Crippen LogP contribution in [0, 0.1) is 0 Å². The van der Waals surface area contributed by atoms with Crippen LogP contribution in [0.4, 0.5) is 5.82 Å². The van der Waals surface area contributed by atoms with Crippen molar-refractivity contribution in [3.8, 4) is 5.75 Å². The lowest BCUT2D eigenvalue weighted by molar-refractivity contribution is -0.135. The van der Waals surface area contributed by atoms with Crippen LogP contribution in [0.2, 0.25) is 0 Å². The third-order valence-corrected chi connectivity index (χ3v) is 6.92. The van der Waals surface area contributed by atoms with E-state index in [1.54, 1.807) is 18.6 Å². The second-order valence-electron chi connectivity index (χ2n) is 7.24. The Kier molecular flexibility index (Phi) is 7.39. The molecule has 1 saturated heterocycles. The van der Waals surface area contributed by atoms with Gasteiger partial charge in [0.1, 0.15) is 31.4 Å². The molecular formula is C19H24BN5O6PS+. The molecule has 1 unspecified atom stereocenters. The molecule has 3 heterocycles. The Morgan fingerprint density at radius 1 is 1.21 bits per heavy atom. The zero-order valence-corrected chi connectivity index (χ0v) is 20.0. The van der Waals surface area contributed by atoms with Crippen molar-refractivity contribution >= 4 is 44.1 Å². The van der Waals surface area contributed by atoms with Gasteiger partial charge < -0.3 is 19.9 Å². The number of benzene rings is 1. The summed E-state index contributed by atoms with van der Waals surface area (Å²) in [5.74, 6) is 0.979. The minimum absolute atomic E-state index is 0.0262. The molecule has 2 aromatic heterocycles. The second-order valence-corrected chi connectivity index (χ2v) is 9.93. The number of nitrogen functional groups attached to an aromatic ring is 1. The first-order valence-electron chi connectivity index (χ1n) is 9.99. The van der Waals surface area contributed by atoms with E-state index in [1.807, 2.05) is 24.3 Å². The van der Waals surface area contributed by atoms with Crippen LogP contribution in [0.25, 0.3) is 11.2 Å². The van der Waals surface area contributed by atoms with Crippen LogP contribution in [0.5, 0.6) is 5.75 Å². The van der Waals surface area contributed by atoms with Gasteiger partial charge in [-0.05, 0) is 31.2 Å². The number of hydrogen-bond acceptors (Lipinski definition) is 11. The van der Waals surface area contributed by atoms with E-state index < -0.39 is 26.3 Å². The molecule has 4 rings (SSSR count). The van der Waals surface area contributed by atoms with Gasteiger partial charge in [-0.2, -0.15) is 9.05 Å². The average Bonchev–Trinajstić information content (AvgIpc) is 3.18. The van der Waals surface area contributed by atoms with E-state index in [4.69, 9.17) is 41.5 Å². The molecule has 1 aliphatic rings. The summed E-state index contributed by atoms with van der Waals surface area (Å²) in [6, 6.07) is 7.55. The number of nitrogens with two attached hydrogens (primary N) is 1. The van der Waals surface area contributed by atoms with Gasteiger partial charge in [0.15, 0.2) is 28.4 Å². The van der Waals surface area contributed by atoms with Gasteiger partial charge in [0.25, 0.3) is 0 Å². The predicted molar refractivity (Wildman–Crippen MR) is 124 cm³/mol. The minimum atomic E-state index is -3.50. The van der Waals surface area contributed by atoms with Gasteiger partial charge in [-0.1, -0.05) is 11.8 Å². The molecule has 0 spiro atoms. The fourth-order valence-corrected chi connectivity index (χ4v) is 5.01. The summed E-state index contributed by atoms with van der Waals surface area (Å²) in [7, 11) is 5.39. The van der Waals surface area contributed by atoms with Gasteiger partial charge in [0.2, 0.25) is 0 Å². The molecule has 0 aliphatic carbocycles. The van der Waals surface area contributed by atoms with Gasteiger partial charge in [-0.15, -0.1) is 0 Å². The van der Waals surface area contributed by atoms with Gasteiger partial charge in [0, 0.05) is 12.0 Å². The maximum absolute atomic E-state index is 10.2. The van der Waals surface area contributed by atoms with E-state index >= 15 is 0 Å². The third-order valence-electron chi connectivity index (χ3n) is 4.91. The van der Waals surface area contributed by atoms with E-state index in [9.17, 15) is 4.89 Å². The lowest BCUT2D eigenvalue weighted by Crippen LogP contribution is -2.34. The van der Waals surface area contributed by atoms with Gasteiger partial charge >= 0.3 is 15.4 Å². The summed E-state index contributed by atoms with van der Waals surface area (Å²) in [5.41, 5.74) is 6.99. The van der Waals surface area contributed by atoms with Crippen molar-refractivity contribution in [1.82, 2.24) is 19.5 Å². The Morgan fingerprint density at radius 3 is 2.64 bits per heavy atom. The number of anilines is 1. The third kappa shape index (κ3) is 5.41. The number of methoxy groups -OCH3 is 2. The summed E-state index contributed by atoms with van der Waals surface area (Å²) >= 11 is 1.39. The molecule has 4 atom stereocenters. The van der Waals surface area contributed by atoms with Crippen molar-refractivity contribution in [2.24, 2.45) is 0 Å². The van der Waals surface area contributed by atoms with Crippen molar-refractivity contribution in [1.29, 1.82) is 0 Å². The zero-order valence-electron chi connectivity index (χ0n) is 18.3. The summed E-state index contributed by atoms with van der Waals surface area (Å²) in [4.78, 5) is 24.3. The molecule has 1 aliphatic heterocycles. The van der Waals surface area contributed by atoms with Crippen molar-refractivity contribution in [3.63, 3.8) is 0 Å². The Bertz CT molecular complexity index is 1100. The lowest BCUT2D eigenvalue weighted by atomic mass is 10.3. The second kappa shape index (κ2) is 10.1. The predicted octanol–water partition coefficient (Wildman–Crippen LogP) is 2.37. The Balaban J connectivity index is 1.80. The molecule has 3 N–H and O–H groups in total. The molecule has 3 aromatic rings. The molecule has 1 fully saturated rings. The van der Waals surface area contributed by atoms with E-state index in [0.717, 1.165) is 10.6 Å². The van der Waals surface area contributed by atoms with E-state index in [1.165, 1.54) is 25.2 Å². The van der Waals surface area contributed by atoms with Crippen LogP contribution in [0.1, 0.15) is 13.2 Å². The topological polar surface area (TPSA) is 136 Å². The zero-order chi connectivity index (χ0) is 23.6. The molecule has 0 bridgehead atoms.